The third-order valence-corrected chi connectivity index (χ3v) is 2.68. The monoisotopic (exact) mass is 207 g/mol. The van der Waals surface area contributed by atoms with Gasteiger partial charge in [-0.15, -0.1) is 0 Å². The van der Waals surface area contributed by atoms with Gasteiger partial charge in [-0.05, 0) is 12.0 Å². The van der Waals surface area contributed by atoms with E-state index >= 15 is 0 Å². The summed E-state index contributed by atoms with van der Waals surface area (Å²) in [5, 5.41) is 0. The lowest BCUT2D eigenvalue weighted by Gasteiger charge is -2.14. The Hall–Kier alpha value is -1.38. The van der Waals surface area contributed by atoms with Crippen LogP contribution in [0.4, 0.5) is 4.39 Å². The van der Waals surface area contributed by atoms with Gasteiger partial charge in [0.05, 0.1) is 13.0 Å². The standard InChI is InChI=1S/C12H14FNO/c13-11-6-7-14(9-11)12(15)8-10-4-2-1-3-5-10/h1-5,11H,6-9H2/t11-/m1/s1. The minimum atomic E-state index is -0.829. The summed E-state index contributed by atoms with van der Waals surface area (Å²) in [6.07, 6.45) is 0.0402. The fourth-order valence-electron chi connectivity index (χ4n) is 1.83. The van der Waals surface area contributed by atoms with Gasteiger partial charge in [0.25, 0.3) is 0 Å². The summed E-state index contributed by atoms with van der Waals surface area (Å²) in [6.45, 7) is 0.832. The Bertz CT molecular complexity index is 339. The molecule has 0 aliphatic carbocycles. The molecule has 3 heteroatoms. The Kier molecular flexibility index (Phi) is 2.99. The zero-order valence-electron chi connectivity index (χ0n) is 8.53. The van der Waals surface area contributed by atoms with Crippen LogP contribution < -0.4 is 0 Å². The second-order valence-electron chi connectivity index (χ2n) is 3.89. The van der Waals surface area contributed by atoms with Crippen LogP contribution >= 0.6 is 0 Å². The lowest BCUT2D eigenvalue weighted by atomic mass is 10.1. The molecule has 1 atom stereocenters. The SMILES string of the molecule is O=C(Cc1ccccc1)N1CC[C@@H](F)C1. The highest BCUT2D eigenvalue weighted by atomic mass is 19.1. The molecule has 80 valence electrons. The number of hydrogen-bond donors (Lipinski definition) is 0. The maximum Gasteiger partial charge on any atom is 0.227 e. The zero-order valence-corrected chi connectivity index (χ0v) is 8.53. The normalized spacial score (nSPS) is 20.6. The van der Waals surface area contributed by atoms with E-state index in [0.29, 0.717) is 19.4 Å². The number of carbonyl (C=O) groups excluding carboxylic acids is 1. The van der Waals surface area contributed by atoms with E-state index in [2.05, 4.69) is 0 Å². The molecule has 1 aromatic carbocycles. The van der Waals surface area contributed by atoms with Crippen molar-refractivity contribution in [3.05, 3.63) is 35.9 Å². The van der Waals surface area contributed by atoms with Crippen LogP contribution in [0.5, 0.6) is 0 Å². The number of halogens is 1. The fourth-order valence-corrected chi connectivity index (χ4v) is 1.83. The predicted molar refractivity (Wildman–Crippen MR) is 56.2 cm³/mol. The van der Waals surface area contributed by atoms with Crippen LogP contribution in [0.25, 0.3) is 0 Å². The second kappa shape index (κ2) is 4.43. The number of amides is 1. The van der Waals surface area contributed by atoms with Gasteiger partial charge < -0.3 is 4.90 Å². The molecule has 1 aliphatic heterocycles. The van der Waals surface area contributed by atoms with E-state index in [-0.39, 0.29) is 12.5 Å². The predicted octanol–water partition coefficient (Wildman–Crippen LogP) is 1.80. The van der Waals surface area contributed by atoms with Gasteiger partial charge in [0.1, 0.15) is 6.17 Å². The van der Waals surface area contributed by atoms with Crippen LogP contribution in [-0.2, 0) is 11.2 Å². The number of rotatable bonds is 2. The third-order valence-electron chi connectivity index (χ3n) is 2.68. The Morgan fingerprint density at radius 1 is 1.40 bits per heavy atom. The minimum Gasteiger partial charge on any atom is -0.339 e. The Labute approximate surface area is 88.7 Å². The topological polar surface area (TPSA) is 20.3 Å². The van der Waals surface area contributed by atoms with Crippen molar-refractivity contribution in [1.29, 1.82) is 0 Å². The first-order chi connectivity index (χ1) is 7.25. The highest BCUT2D eigenvalue weighted by Gasteiger charge is 2.25. The molecule has 0 N–H and O–H groups in total. The first kappa shape index (κ1) is 10.1. The molecule has 2 nitrogen and oxygen atoms in total. The van der Waals surface area contributed by atoms with E-state index in [9.17, 15) is 9.18 Å². The first-order valence-corrected chi connectivity index (χ1v) is 5.21. The highest BCUT2D eigenvalue weighted by Crippen LogP contribution is 2.13. The summed E-state index contributed by atoms with van der Waals surface area (Å²) < 4.78 is 12.9. The van der Waals surface area contributed by atoms with E-state index in [1.165, 1.54) is 0 Å². The summed E-state index contributed by atoms with van der Waals surface area (Å²) in [4.78, 5) is 13.3. The van der Waals surface area contributed by atoms with Gasteiger partial charge in [-0.3, -0.25) is 4.79 Å². The van der Waals surface area contributed by atoms with Crippen LogP contribution in [0.15, 0.2) is 30.3 Å². The van der Waals surface area contributed by atoms with Crippen molar-refractivity contribution in [2.75, 3.05) is 13.1 Å². The molecule has 0 aromatic heterocycles. The molecule has 0 bridgehead atoms. The van der Waals surface area contributed by atoms with Crippen molar-refractivity contribution < 1.29 is 9.18 Å². The first-order valence-electron chi connectivity index (χ1n) is 5.21. The Morgan fingerprint density at radius 2 is 2.13 bits per heavy atom. The van der Waals surface area contributed by atoms with Gasteiger partial charge in [-0.1, -0.05) is 30.3 Å². The van der Waals surface area contributed by atoms with Crippen molar-refractivity contribution in [2.45, 2.75) is 19.0 Å². The number of carbonyl (C=O) groups is 1. The fraction of sp³-hybridized carbons (Fsp3) is 0.417. The molecule has 1 heterocycles. The van der Waals surface area contributed by atoms with Crippen LogP contribution in [-0.4, -0.2) is 30.1 Å². The van der Waals surface area contributed by atoms with Gasteiger partial charge >= 0.3 is 0 Å². The summed E-state index contributed by atoms with van der Waals surface area (Å²) in [7, 11) is 0. The molecular weight excluding hydrogens is 193 g/mol. The molecule has 1 aromatic rings. The van der Waals surface area contributed by atoms with E-state index in [4.69, 9.17) is 0 Å². The van der Waals surface area contributed by atoms with E-state index < -0.39 is 6.17 Å². The Balaban J connectivity index is 1.93. The van der Waals surface area contributed by atoms with Gasteiger partial charge in [0, 0.05) is 6.54 Å². The lowest BCUT2D eigenvalue weighted by molar-refractivity contribution is -0.129. The van der Waals surface area contributed by atoms with Crippen LogP contribution in [0.1, 0.15) is 12.0 Å². The van der Waals surface area contributed by atoms with Gasteiger partial charge in [-0.25, -0.2) is 4.39 Å². The van der Waals surface area contributed by atoms with Crippen molar-refractivity contribution in [1.82, 2.24) is 4.90 Å². The van der Waals surface area contributed by atoms with Crippen molar-refractivity contribution in [3.8, 4) is 0 Å². The number of benzene rings is 1. The molecular formula is C12H14FNO. The third kappa shape index (κ3) is 2.55. The molecule has 1 amide bonds. The highest BCUT2D eigenvalue weighted by molar-refractivity contribution is 5.79. The minimum absolute atomic E-state index is 0.0290. The summed E-state index contributed by atoms with van der Waals surface area (Å²) in [6, 6.07) is 9.57. The van der Waals surface area contributed by atoms with Gasteiger partial charge in [0.2, 0.25) is 5.91 Å². The molecule has 0 saturated carbocycles. The average molecular weight is 207 g/mol. The number of likely N-dealkylation sites (tertiary alicyclic amines) is 1. The number of alkyl halides is 1. The molecule has 0 radical (unpaired) electrons. The maximum atomic E-state index is 12.9. The van der Waals surface area contributed by atoms with Crippen LogP contribution in [0.2, 0.25) is 0 Å². The van der Waals surface area contributed by atoms with E-state index in [0.717, 1.165) is 5.56 Å². The quantitative estimate of drug-likeness (QED) is 0.724. The number of nitrogens with zero attached hydrogens (tertiary/aromatic N) is 1. The van der Waals surface area contributed by atoms with Crippen molar-refractivity contribution in [2.24, 2.45) is 0 Å². The van der Waals surface area contributed by atoms with Crippen LogP contribution in [0, 0.1) is 0 Å². The summed E-state index contributed by atoms with van der Waals surface area (Å²) >= 11 is 0. The molecule has 1 fully saturated rings. The molecule has 2 rings (SSSR count). The molecule has 1 aliphatic rings. The van der Waals surface area contributed by atoms with Crippen LogP contribution in [0.3, 0.4) is 0 Å². The second-order valence-corrected chi connectivity index (χ2v) is 3.89. The van der Waals surface area contributed by atoms with Crippen molar-refractivity contribution in [3.63, 3.8) is 0 Å². The van der Waals surface area contributed by atoms with Gasteiger partial charge in [0.15, 0.2) is 0 Å². The Morgan fingerprint density at radius 3 is 2.73 bits per heavy atom. The molecule has 0 spiro atoms. The zero-order chi connectivity index (χ0) is 10.7. The smallest absolute Gasteiger partial charge is 0.227 e. The van der Waals surface area contributed by atoms with E-state index in [1.807, 2.05) is 30.3 Å². The molecule has 0 unspecified atom stereocenters. The molecule has 15 heavy (non-hydrogen) atoms. The molecule has 1 saturated heterocycles. The van der Waals surface area contributed by atoms with Gasteiger partial charge in [-0.2, -0.15) is 0 Å². The average Bonchev–Trinajstić information content (AvgIpc) is 2.66. The largest absolute Gasteiger partial charge is 0.339 e. The summed E-state index contributed by atoms with van der Waals surface area (Å²) in [5.41, 5.74) is 0.991. The summed E-state index contributed by atoms with van der Waals surface area (Å²) in [5.74, 6) is 0.0290. The maximum absolute atomic E-state index is 12.9. The van der Waals surface area contributed by atoms with E-state index in [1.54, 1.807) is 4.90 Å². The number of hydrogen-bond acceptors (Lipinski definition) is 1. The lowest BCUT2D eigenvalue weighted by Crippen LogP contribution is -2.30. The van der Waals surface area contributed by atoms with Crippen molar-refractivity contribution >= 4 is 5.91 Å².